The third kappa shape index (κ3) is 4.28. The Hall–Kier alpha value is -3.00. The normalized spacial score (nSPS) is 17.3. The highest BCUT2D eigenvalue weighted by atomic mass is 19.4. The van der Waals surface area contributed by atoms with Gasteiger partial charge in [0.15, 0.2) is 0 Å². The number of H-pyrrole nitrogens is 1. The van der Waals surface area contributed by atoms with Crippen LogP contribution in [0.25, 0.3) is 22.0 Å². The summed E-state index contributed by atoms with van der Waals surface area (Å²) in [6.45, 7) is 1.70. The molecule has 1 aromatic heterocycles. The van der Waals surface area contributed by atoms with Crippen LogP contribution in [0, 0.1) is 5.92 Å². The predicted molar refractivity (Wildman–Crippen MR) is 109 cm³/mol. The van der Waals surface area contributed by atoms with Crippen molar-refractivity contribution >= 4 is 16.5 Å². The Balaban J connectivity index is 1.72. The summed E-state index contributed by atoms with van der Waals surface area (Å²) in [6, 6.07) is 12.8. The maximum atomic E-state index is 12.7. The molecular weight excluding hydrogens is 397 g/mol. The van der Waals surface area contributed by atoms with E-state index < -0.39 is 6.36 Å². The fourth-order valence-corrected chi connectivity index (χ4v) is 3.94. The molecule has 30 heavy (non-hydrogen) atoms. The number of benzene rings is 2. The lowest BCUT2D eigenvalue weighted by Gasteiger charge is -2.33. The number of rotatable bonds is 4. The standard InChI is InChI=1S/C22H21F3N2O3/c23-22(24,25)30-20-6-2-1-5-17(20)19-10-15-7-8-16(11-18(15)21(29)26-19)27-9-3-4-14(12-27)13-28/h1-2,5-8,10-11,14,28H,3-4,9,12-13H2,(H,26,29). The molecule has 2 heterocycles. The fraction of sp³-hybridized carbons (Fsp3) is 0.318. The number of hydrogen-bond acceptors (Lipinski definition) is 4. The number of aromatic amines is 1. The van der Waals surface area contributed by atoms with Gasteiger partial charge in [0.25, 0.3) is 5.56 Å². The fourth-order valence-electron chi connectivity index (χ4n) is 3.94. The molecule has 1 atom stereocenters. The number of hydrogen-bond donors (Lipinski definition) is 2. The summed E-state index contributed by atoms with van der Waals surface area (Å²) in [4.78, 5) is 17.6. The summed E-state index contributed by atoms with van der Waals surface area (Å²) in [5, 5.41) is 10.5. The first kappa shape index (κ1) is 20.3. The average Bonchev–Trinajstić information content (AvgIpc) is 2.73. The van der Waals surface area contributed by atoms with Crippen molar-refractivity contribution in [3.05, 3.63) is 58.9 Å². The largest absolute Gasteiger partial charge is 0.573 e. The van der Waals surface area contributed by atoms with Gasteiger partial charge < -0.3 is 19.7 Å². The summed E-state index contributed by atoms with van der Waals surface area (Å²) in [6.07, 6.45) is -2.89. The molecule has 2 N–H and O–H groups in total. The molecule has 5 nitrogen and oxygen atoms in total. The van der Waals surface area contributed by atoms with E-state index in [0.717, 1.165) is 31.6 Å². The first-order chi connectivity index (χ1) is 14.3. The highest BCUT2D eigenvalue weighted by Gasteiger charge is 2.32. The van der Waals surface area contributed by atoms with E-state index in [2.05, 4.69) is 14.6 Å². The lowest BCUT2D eigenvalue weighted by atomic mass is 9.98. The Labute approximate surface area is 170 Å². The van der Waals surface area contributed by atoms with Gasteiger partial charge in [-0.15, -0.1) is 13.2 Å². The van der Waals surface area contributed by atoms with Gasteiger partial charge in [-0.1, -0.05) is 18.2 Å². The molecule has 0 spiro atoms. The third-order valence-electron chi connectivity index (χ3n) is 5.37. The van der Waals surface area contributed by atoms with E-state index in [9.17, 15) is 23.1 Å². The Morgan fingerprint density at radius 2 is 1.97 bits per heavy atom. The third-order valence-corrected chi connectivity index (χ3v) is 5.37. The number of piperidine rings is 1. The maximum Gasteiger partial charge on any atom is 0.573 e. The number of aromatic nitrogens is 1. The van der Waals surface area contributed by atoms with Crippen LogP contribution in [0.2, 0.25) is 0 Å². The average molecular weight is 418 g/mol. The van der Waals surface area contributed by atoms with Crippen molar-refractivity contribution in [1.29, 1.82) is 0 Å². The molecule has 0 radical (unpaired) electrons. The van der Waals surface area contributed by atoms with Crippen LogP contribution in [0.1, 0.15) is 12.8 Å². The maximum absolute atomic E-state index is 12.7. The van der Waals surface area contributed by atoms with Gasteiger partial charge in [0.1, 0.15) is 5.75 Å². The zero-order chi connectivity index (χ0) is 21.3. The van der Waals surface area contributed by atoms with Crippen molar-refractivity contribution in [1.82, 2.24) is 4.98 Å². The van der Waals surface area contributed by atoms with E-state index in [1.165, 1.54) is 18.2 Å². The molecule has 1 fully saturated rings. The molecule has 2 aromatic carbocycles. The van der Waals surface area contributed by atoms with E-state index in [-0.39, 0.29) is 35.1 Å². The van der Waals surface area contributed by atoms with Crippen molar-refractivity contribution in [2.75, 3.05) is 24.6 Å². The van der Waals surface area contributed by atoms with E-state index in [0.29, 0.717) is 10.8 Å². The van der Waals surface area contributed by atoms with E-state index in [4.69, 9.17) is 0 Å². The molecule has 0 amide bonds. The number of alkyl halides is 3. The summed E-state index contributed by atoms with van der Waals surface area (Å²) in [5.41, 5.74) is 0.903. The second kappa shape index (κ2) is 8.02. The van der Waals surface area contributed by atoms with Gasteiger partial charge in [0, 0.05) is 36.3 Å². The van der Waals surface area contributed by atoms with Crippen LogP contribution in [0.5, 0.6) is 5.75 Å². The number of aliphatic hydroxyl groups excluding tert-OH is 1. The number of nitrogens with one attached hydrogen (secondary N) is 1. The second-order valence-corrected chi connectivity index (χ2v) is 7.46. The van der Waals surface area contributed by atoms with Crippen molar-refractivity contribution in [2.45, 2.75) is 19.2 Å². The van der Waals surface area contributed by atoms with E-state index in [1.807, 2.05) is 6.07 Å². The van der Waals surface area contributed by atoms with Crippen molar-refractivity contribution in [3.63, 3.8) is 0 Å². The second-order valence-electron chi connectivity index (χ2n) is 7.46. The molecule has 8 heteroatoms. The Bertz CT molecular complexity index is 1110. The minimum absolute atomic E-state index is 0.132. The van der Waals surface area contributed by atoms with E-state index in [1.54, 1.807) is 24.3 Å². The molecule has 1 saturated heterocycles. The van der Waals surface area contributed by atoms with Crippen LogP contribution >= 0.6 is 0 Å². The van der Waals surface area contributed by atoms with Gasteiger partial charge >= 0.3 is 6.36 Å². The van der Waals surface area contributed by atoms with Gasteiger partial charge in [0.2, 0.25) is 0 Å². The predicted octanol–water partition coefficient (Wildman–Crippen LogP) is 4.30. The van der Waals surface area contributed by atoms with Gasteiger partial charge in [-0.05, 0) is 54.5 Å². The number of pyridine rings is 1. The van der Waals surface area contributed by atoms with Gasteiger partial charge in [0.05, 0.1) is 5.69 Å². The van der Waals surface area contributed by atoms with Gasteiger partial charge in [-0.3, -0.25) is 4.79 Å². The smallest absolute Gasteiger partial charge is 0.405 e. The number of fused-ring (bicyclic) bond motifs is 1. The van der Waals surface area contributed by atoms with Gasteiger partial charge in [-0.2, -0.15) is 0 Å². The first-order valence-electron chi connectivity index (χ1n) is 9.72. The minimum Gasteiger partial charge on any atom is -0.405 e. The zero-order valence-electron chi connectivity index (χ0n) is 16.1. The van der Waals surface area contributed by atoms with Crippen LogP contribution in [-0.4, -0.2) is 36.1 Å². The number of halogens is 3. The Morgan fingerprint density at radius 3 is 2.73 bits per heavy atom. The van der Waals surface area contributed by atoms with Crippen LogP contribution in [0.15, 0.2) is 53.3 Å². The summed E-state index contributed by atoms with van der Waals surface area (Å²) in [7, 11) is 0. The number of anilines is 1. The quantitative estimate of drug-likeness (QED) is 0.663. The Morgan fingerprint density at radius 1 is 1.17 bits per heavy atom. The molecule has 1 unspecified atom stereocenters. The molecule has 0 aliphatic carbocycles. The summed E-state index contributed by atoms with van der Waals surface area (Å²) < 4.78 is 42.3. The number of para-hydroxylation sites is 1. The highest BCUT2D eigenvalue weighted by molar-refractivity contribution is 5.88. The van der Waals surface area contributed by atoms with Crippen molar-refractivity contribution < 1.29 is 23.0 Å². The zero-order valence-corrected chi connectivity index (χ0v) is 16.1. The van der Waals surface area contributed by atoms with Crippen molar-refractivity contribution in [2.24, 2.45) is 5.92 Å². The lowest BCUT2D eigenvalue weighted by Crippen LogP contribution is -2.36. The topological polar surface area (TPSA) is 65.6 Å². The SMILES string of the molecule is O=c1[nH]c(-c2ccccc2OC(F)(F)F)cc2ccc(N3CCCC(CO)C3)cc12. The number of ether oxygens (including phenoxy) is 1. The molecule has 4 rings (SSSR count). The highest BCUT2D eigenvalue weighted by Crippen LogP contribution is 2.34. The van der Waals surface area contributed by atoms with Gasteiger partial charge in [-0.25, -0.2) is 0 Å². The van der Waals surface area contributed by atoms with Crippen LogP contribution in [0.4, 0.5) is 18.9 Å². The van der Waals surface area contributed by atoms with Crippen LogP contribution < -0.4 is 15.2 Å². The molecular formula is C22H21F3N2O3. The minimum atomic E-state index is -4.83. The molecule has 1 aliphatic rings. The molecule has 1 aliphatic heterocycles. The molecule has 0 bridgehead atoms. The number of nitrogens with zero attached hydrogens (tertiary/aromatic N) is 1. The molecule has 3 aromatic rings. The van der Waals surface area contributed by atoms with Crippen LogP contribution in [0.3, 0.4) is 0 Å². The molecule has 0 saturated carbocycles. The summed E-state index contributed by atoms with van der Waals surface area (Å²) in [5.74, 6) is -0.166. The Kier molecular flexibility index (Phi) is 5.42. The van der Waals surface area contributed by atoms with E-state index >= 15 is 0 Å². The van der Waals surface area contributed by atoms with Crippen molar-refractivity contribution in [3.8, 4) is 17.0 Å². The number of aliphatic hydroxyl groups is 1. The molecule has 158 valence electrons. The first-order valence-corrected chi connectivity index (χ1v) is 9.72. The summed E-state index contributed by atoms with van der Waals surface area (Å²) >= 11 is 0. The monoisotopic (exact) mass is 418 g/mol. The lowest BCUT2D eigenvalue weighted by molar-refractivity contribution is -0.274. The van der Waals surface area contributed by atoms with Crippen LogP contribution in [-0.2, 0) is 0 Å².